The molecule has 21 heavy (non-hydrogen) atoms. The SMILES string of the molecule is CC(C)C(=O)Nc1nnc(SCc2ccc(Cl)cc2Cl)s1. The van der Waals surface area contributed by atoms with Gasteiger partial charge in [0, 0.05) is 21.7 Å². The predicted octanol–water partition coefficient (Wildman–Crippen LogP) is 4.73. The number of halogens is 2. The molecule has 0 fully saturated rings. The Morgan fingerprint density at radius 2 is 2.14 bits per heavy atom. The van der Waals surface area contributed by atoms with E-state index in [2.05, 4.69) is 15.5 Å². The van der Waals surface area contributed by atoms with Gasteiger partial charge >= 0.3 is 0 Å². The van der Waals surface area contributed by atoms with E-state index in [1.54, 1.807) is 12.1 Å². The molecule has 1 heterocycles. The minimum Gasteiger partial charge on any atom is -0.300 e. The maximum atomic E-state index is 11.6. The first-order valence-electron chi connectivity index (χ1n) is 6.17. The number of benzene rings is 1. The van der Waals surface area contributed by atoms with Crippen molar-refractivity contribution in [1.29, 1.82) is 0 Å². The van der Waals surface area contributed by atoms with E-state index >= 15 is 0 Å². The Bertz CT molecular complexity index is 646. The smallest absolute Gasteiger partial charge is 0.228 e. The van der Waals surface area contributed by atoms with E-state index in [-0.39, 0.29) is 11.8 Å². The first-order chi connectivity index (χ1) is 9.95. The van der Waals surface area contributed by atoms with Crippen molar-refractivity contribution < 1.29 is 4.79 Å². The van der Waals surface area contributed by atoms with Crippen LogP contribution >= 0.6 is 46.3 Å². The van der Waals surface area contributed by atoms with Crippen LogP contribution in [0.4, 0.5) is 5.13 Å². The number of carbonyl (C=O) groups excluding carboxylic acids is 1. The Morgan fingerprint density at radius 1 is 1.38 bits per heavy atom. The third kappa shape index (κ3) is 4.85. The highest BCUT2D eigenvalue weighted by Crippen LogP contribution is 2.31. The van der Waals surface area contributed by atoms with Crippen molar-refractivity contribution in [2.75, 3.05) is 5.32 Å². The summed E-state index contributed by atoms with van der Waals surface area (Å²) in [6, 6.07) is 5.41. The molecule has 2 aromatic rings. The fourth-order valence-electron chi connectivity index (χ4n) is 1.35. The van der Waals surface area contributed by atoms with Crippen molar-refractivity contribution in [1.82, 2.24) is 10.2 Å². The zero-order valence-corrected chi connectivity index (χ0v) is 14.5. The summed E-state index contributed by atoms with van der Waals surface area (Å²) < 4.78 is 0.778. The second kappa shape index (κ2) is 7.45. The number of nitrogens with zero attached hydrogens (tertiary/aromatic N) is 2. The lowest BCUT2D eigenvalue weighted by Crippen LogP contribution is -2.17. The number of carbonyl (C=O) groups is 1. The van der Waals surface area contributed by atoms with Gasteiger partial charge in [-0.15, -0.1) is 10.2 Å². The molecule has 0 spiro atoms. The lowest BCUT2D eigenvalue weighted by atomic mass is 10.2. The molecule has 1 N–H and O–H groups in total. The number of anilines is 1. The standard InChI is InChI=1S/C13H13Cl2N3OS2/c1-7(2)11(19)16-12-17-18-13(21-12)20-6-8-3-4-9(14)5-10(8)15/h3-5,7H,6H2,1-2H3,(H,16,17,19). The Labute approximate surface area is 141 Å². The zero-order valence-electron chi connectivity index (χ0n) is 11.4. The van der Waals surface area contributed by atoms with Gasteiger partial charge < -0.3 is 5.32 Å². The van der Waals surface area contributed by atoms with Crippen molar-refractivity contribution in [2.45, 2.75) is 23.9 Å². The maximum Gasteiger partial charge on any atom is 0.228 e. The topological polar surface area (TPSA) is 54.9 Å². The monoisotopic (exact) mass is 361 g/mol. The first kappa shape index (κ1) is 16.5. The molecule has 1 aromatic heterocycles. The van der Waals surface area contributed by atoms with Gasteiger partial charge in [-0.05, 0) is 17.7 Å². The Kier molecular flexibility index (Phi) is 5.87. The Balaban J connectivity index is 1.95. The fourth-order valence-corrected chi connectivity index (χ4v) is 3.66. The second-order valence-corrected chi connectivity index (χ2v) is 7.59. The molecule has 0 bridgehead atoms. The highest BCUT2D eigenvalue weighted by atomic mass is 35.5. The van der Waals surface area contributed by atoms with Crippen LogP contribution in [-0.2, 0) is 10.5 Å². The van der Waals surface area contributed by atoms with Crippen molar-refractivity contribution in [3.63, 3.8) is 0 Å². The third-order valence-corrected chi connectivity index (χ3v) is 5.14. The quantitative estimate of drug-likeness (QED) is 0.617. The Hall–Kier alpha value is -0.820. The van der Waals surface area contributed by atoms with Crippen molar-refractivity contribution in [2.24, 2.45) is 5.92 Å². The van der Waals surface area contributed by atoms with E-state index in [1.165, 1.54) is 23.1 Å². The molecule has 0 atom stereocenters. The van der Waals surface area contributed by atoms with E-state index in [1.807, 2.05) is 19.9 Å². The van der Waals surface area contributed by atoms with Crippen LogP contribution in [0.2, 0.25) is 10.0 Å². The minimum atomic E-state index is -0.0853. The second-order valence-electron chi connectivity index (χ2n) is 4.54. The number of rotatable bonds is 5. The number of amides is 1. The van der Waals surface area contributed by atoms with Crippen LogP contribution < -0.4 is 5.32 Å². The normalized spacial score (nSPS) is 10.9. The highest BCUT2D eigenvalue weighted by Gasteiger charge is 2.12. The number of aromatic nitrogens is 2. The average molecular weight is 362 g/mol. The summed E-state index contributed by atoms with van der Waals surface area (Å²) in [5, 5.41) is 12.5. The molecule has 4 nitrogen and oxygen atoms in total. The van der Waals surface area contributed by atoms with Gasteiger partial charge in [0.1, 0.15) is 0 Å². The third-order valence-electron chi connectivity index (χ3n) is 2.53. The van der Waals surface area contributed by atoms with Crippen molar-refractivity contribution in [3.05, 3.63) is 33.8 Å². The molecule has 2 rings (SSSR count). The molecule has 0 saturated heterocycles. The van der Waals surface area contributed by atoms with Crippen LogP contribution in [0.1, 0.15) is 19.4 Å². The molecule has 0 aliphatic rings. The summed E-state index contributed by atoms with van der Waals surface area (Å²) >= 11 is 14.8. The summed E-state index contributed by atoms with van der Waals surface area (Å²) in [6.07, 6.45) is 0. The minimum absolute atomic E-state index is 0.0663. The predicted molar refractivity (Wildman–Crippen MR) is 89.4 cm³/mol. The average Bonchev–Trinajstić information content (AvgIpc) is 2.85. The van der Waals surface area contributed by atoms with Gasteiger partial charge in [-0.3, -0.25) is 4.79 Å². The van der Waals surface area contributed by atoms with Gasteiger partial charge in [0.05, 0.1) is 0 Å². The first-order valence-corrected chi connectivity index (χ1v) is 8.72. The number of nitrogens with one attached hydrogen (secondary N) is 1. The van der Waals surface area contributed by atoms with Crippen LogP contribution in [0, 0.1) is 5.92 Å². The van der Waals surface area contributed by atoms with E-state index < -0.39 is 0 Å². The van der Waals surface area contributed by atoms with Crippen LogP contribution in [0.5, 0.6) is 0 Å². The van der Waals surface area contributed by atoms with Gasteiger partial charge in [0.25, 0.3) is 0 Å². The summed E-state index contributed by atoms with van der Waals surface area (Å²) in [6.45, 7) is 3.66. The van der Waals surface area contributed by atoms with Crippen LogP contribution in [0.15, 0.2) is 22.5 Å². The van der Waals surface area contributed by atoms with Crippen LogP contribution in [-0.4, -0.2) is 16.1 Å². The highest BCUT2D eigenvalue weighted by molar-refractivity contribution is 8.00. The zero-order chi connectivity index (χ0) is 15.4. The molecular weight excluding hydrogens is 349 g/mol. The van der Waals surface area contributed by atoms with Crippen LogP contribution in [0.25, 0.3) is 0 Å². The molecule has 0 saturated carbocycles. The molecule has 1 amide bonds. The van der Waals surface area contributed by atoms with Gasteiger partial charge in [-0.2, -0.15) is 0 Å². The van der Waals surface area contributed by atoms with E-state index in [4.69, 9.17) is 23.2 Å². The fraction of sp³-hybridized carbons (Fsp3) is 0.308. The summed E-state index contributed by atoms with van der Waals surface area (Å²) in [4.78, 5) is 11.6. The molecule has 1 aromatic carbocycles. The molecule has 0 radical (unpaired) electrons. The molecule has 0 aliphatic heterocycles. The molecule has 8 heteroatoms. The number of thioether (sulfide) groups is 1. The number of hydrogen-bond acceptors (Lipinski definition) is 5. The summed E-state index contributed by atoms with van der Waals surface area (Å²) in [5.41, 5.74) is 0.981. The molecule has 0 unspecified atom stereocenters. The maximum absolute atomic E-state index is 11.6. The lowest BCUT2D eigenvalue weighted by molar-refractivity contribution is -0.118. The summed E-state index contributed by atoms with van der Waals surface area (Å²) in [7, 11) is 0. The lowest BCUT2D eigenvalue weighted by Gasteiger charge is -2.03. The summed E-state index contributed by atoms with van der Waals surface area (Å²) in [5.74, 6) is 0.518. The molecule has 0 aliphatic carbocycles. The van der Waals surface area contributed by atoms with Gasteiger partial charge in [0.15, 0.2) is 4.34 Å². The van der Waals surface area contributed by atoms with Gasteiger partial charge in [-0.1, -0.05) is 66.2 Å². The largest absolute Gasteiger partial charge is 0.300 e. The van der Waals surface area contributed by atoms with Gasteiger partial charge in [0.2, 0.25) is 11.0 Å². The molecular formula is C13H13Cl2N3OS2. The van der Waals surface area contributed by atoms with Crippen molar-refractivity contribution >= 4 is 57.3 Å². The number of hydrogen-bond donors (Lipinski definition) is 1. The van der Waals surface area contributed by atoms with Gasteiger partial charge in [-0.25, -0.2) is 0 Å². The van der Waals surface area contributed by atoms with E-state index in [0.717, 1.165) is 9.90 Å². The van der Waals surface area contributed by atoms with E-state index in [9.17, 15) is 4.79 Å². The van der Waals surface area contributed by atoms with E-state index in [0.29, 0.717) is 20.9 Å². The Morgan fingerprint density at radius 3 is 2.81 bits per heavy atom. The van der Waals surface area contributed by atoms with Crippen molar-refractivity contribution in [3.8, 4) is 0 Å². The molecule has 112 valence electrons. The van der Waals surface area contributed by atoms with Crippen LogP contribution in [0.3, 0.4) is 0 Å².